The molecule has 0 bridgehead atoms. The maximum Gasteiger partial charge on any atom is 0.312 e. The van der Waals surface area contributed by atoms with Gasteiger partial charge in [0.2, 0.25) is 0 Å². The third-order valence-corrected chi connectivity index (χ3v) is 5.03. The molecule has 1 atom stereocenters. The highest BCUT2D eigenvalue weighted by Crippen LogP contribution is 2.39. The van der Waals surface area contributed by atoms with Crippen molar-refractivity contribution in [2.45, 2.75) is 39.0 Å². The van der Waals surface area contributed by atoms with Crippen molar-refractivity contribution in [1.29, 1.82) is 0 Å². The number of thiazole rings is 1. The van der Waals surface area contributed by atoms with Gasteiger partial charge in [-0.25, -0.2) is 4.98 Å². The number of benzene rings is 1. The minimum atomic E-state index is -0.768. The number of aromatic nitrogens is 1. The molecule has 110 valence electrons. The van der Waals surface area contributed by atoms with Crippen LogP contribution in [0.5, 0.6) is 0 Å². The largest absolute Gasteiger partial charge is 0.481 e. The van der Waals surface area contributed by atoms with E-state index in [4.69, 9.17) is 0 Å². The topological polar surface area (TPSA) is 62.2 Å². The van der Waals surface area contributed by atoms with Gasteiger partial charge in [0, 0.05) is 10.6 Å². The van der Waals surface area contributed by atoms with Crippen LogP contribution in [0.15, 0.2) is 18.2 Å². The van der Waals surface area contributed by atoms with Gasteiger partial charge in [0.25, 0.3) is 0 Å². The Kier molecular flexibility index (Phi) is 3.68. The number of carbonyl (C=O) groups is 1. The van der Waals surface area contributed by atoms with Gasteiger partial charge in [-0.2, -0.15) is 0 Å². The summed E-state index contributed by atoms with van der Waals surface area (Å²) in [6.45, 7) is 4.20. The van der Waals surface area contributed by atoms with Gasteiger partial charge >= 0.3 is 5.97 Å². The lowest BCUT2D eigenvalue weighted by Gasteiger charge is -2.12. The number of nitrogens with one attached hydrogen (secondary N) is 1. The summed E-state index contributed by atoms with van der Waals surface area (Å²) in [6, 6.07) is 6.24. The SMILES string of the molecule is CCc1cccc(C)c1Nc1nc2c(s1)CCC2C(=O)O. The number of carboxylic acids is 1. The van der Waals surface area contributed by atoms with E-state index < -0.39 is 11.9 Å². The molecule has 0 amide bonds. The first-order chi connectivity index (χ1) is 10.1. The third kappa shape index (κ3) is 2.53. The van der Waals surface area contributed by atoms with Crippen molar-refractivity contribution < 1.29 is 9.90 Å². The zero-order valence-electron chi connectivity index (χ0n) is 12.1. The van der Waals surface area contributed by atoms with Gasteiger partial charge in [0.15, 0.2) is 5.13 Å². The van der Waals surface area contributed by atoms with Gasteiger partial charge in [-0.3, -0.25) is 4.79 Å². The first kappa shape index (κ1) is 14.1. The van der Waals surface area contributed by atoms with Crippen LogP contribution in [0.25, 0.3) is 0 Å². The number of anilines is 2. The number of para-hydroxylation sites is 1. The van der Waals surface area contributed by atoms with Crippen LogP contribution in [-0.2, 0) is 17.6 Å². The fourth-order valence-electron chi connectivity index (χ4n) is 2.83. The fourth-order valence-corrected chi connectivity index (χ4v) is 3.87. The lowest BCUT2D eigenvalue weighted by molar-refractivity contribution is -0.138. The summed E-state index contributed by atoms with van der Waals surface area (Å²) in [5.41, 5.74) is 4.28. The number of carboxylic acid groups (broad SMARTS) is 1. The van der Waals surface area contributed by atoms with Gasteiger partial charge < -0.3 is 10.4 Å². The van der Waals surface area contributed by atoms with Crippen LogP contribution in [0.4, 0.5) is 10.8 Å². The molecule has 2 N–H and O–H groups in total. The number of aryl methyl sites for hydroxylation is 3. The first-order valence-corrected chi connectivity index (χ1v) is 7.99. The number of nitrogens with zero attached hydrogens (tertiary/aromatic N) is 1. The van der Waals surface area contributed by atoms with Crippen molar-refractivity contribution in [3.8, 4) is 0 Å². The Hall–Kier alpha value is -1.88. The molecular weight excluding hydrogens is 284 g/mol. The van der Waals surface area contributed by atoms with Crippen LogP contribution < -0.4 is 5.32 Å². The highest BCUT2D eigenvalue weighted by Gasteiger charge is 2.32. The van der Waals surface area contributed by atoms with E-state index >= 15 is 0 Å². The zero-order chi connectivity index (χ0) is 15.0. The van der Waals surface area contributed by atoms with Crippen LogP contribution >= 0.6 is 11.3 Å². The minimum Gasteiger partial charge on any atom is -0.481 e. The molecule has 3 rings (SSSR count). The summed E-state index contributed by atoms with van der Waals surface area (Å²) < 4.78 is 0. The number of hydrogen-bond donors (Lipinski definition) is 2. The first-order valence-electron chi connectivity index (χ1n) is 7.18. The molecule has 1 unspecified atom stereocenters. The van der Waals surface area contributed by atoms with Gasteiger partial charge in [-0.15, -0.1) is 11.3 Å². The van der Waals surface area contributed by atoms with Crippen LogP contribution in [0.2, 0.25) is 0 Å². The van der Waals surface area contributed by atoms with E-state index in [1.165, 1.54) is 11.1 Å². The molecule has 0 saturated carbocycles. The summed E-state index contributed by atoms with van der Waals surface area (Å²) in [4.78, 5) is 16.9. The highest BCUT2D eigenvalue weighted by molar-refractivity contribution is 7.15. The molecule has 0 saturated heterocycles. The quantitative estimate of drug-likeness (QED) is 0.900. The maximum atomic E-state index is 11.2. The minimum absolute atomic E-state index is 0.436. The smallest absolute Gasteiger partial charge is 0.312 e. The molecule has 4 nitrogen and oxygen atoms in total. The van der Waals surface area contributed by atoms with Crippen LogP contribution in [0.3, 0.4) is 0 Å². The van der Waals surface area contributed by atoms with Crippen molar-refractivity contribution in [2.75, 3.05) is 5.32 Å². The second-order valence-corrected chi connectivity index (χ2v) is 6.43. The van der Waals surface area contributed by atoms with Crippen molar-refractivity contribution in [2.24, 2.45) is 0 Å². The molecule has 1 aliphatic carbocycles. The second kappa shape index (κ2) is 5.48. The van der Waals surface area contributed by atoms with Crippen LogP contribution in [0, 0.1) is 6.92 Å². The maximum absolute atomic E-state index is 11.2. The molecule has 0 spiro atoms. The van der Waals surface area contributed by atoms with Gasteiger partial charge in [0.1, 0.15) is 5.92 Å². The Bertz CT molecular complexity index is 694. The van der Waals surface area contributed by atoms with E-state index in [2.05, 4.69) is 42.3 Å². The molecule has 2 aromatic rings. The van der Waals surface area contributed by atoms with E-state index in [1.807, 2.05) is 0 Å². The number of hydrogen-bond acceptors (Lipinski definition) is 4. The van der Waals surface area contributed by atoms with Gasteiger partial charge in [0.05, 0.1) is 5.69 Å². The van der Waals surface area contributed by atoms with Crippen molar-refractivity contribution >= 4 is 28.1 Å². The Morgan fingerprint density at radius 3 is 3.05 bits per heavy atom. The highest BCUT2D eigenvalue weighted by atomic mass is 32.1. The molecule has 1 aliphatic rings. The molecule has 1 aromatic heterocycles. The number of aliphatic carboxylic acids is 1. The molecule has 21 heavy (non-hydrogen) atoms. The molecule has 0 aliphatic heterocycles. The third-order valence-electron chi connectivity index (χ3n) is 3.99. The summed E-state index contributed by atoms with van der Waals surface area (Å²) >= 11 is 1.58. The molecule has 5 heteroatoms. The second-order valence-electron chi connectivity index (χ2n) is 5.34. The number of rotatable bonds is 4. The average Bonchev–Trinajstić information content (AvgIpc) is 3.00. The summed E-state index contributed by atoms with van der Waals surface area (Å²) in [7, 11) is 0. The van der Waals surface area contributed by atoms with E-state index in [-0.39, 0.29) is 0 Å². The number of fused-ring (bicyclic) bond motifs is 1. The Balaban J connectivity index is 1.91. The zero-order valence-corrected chi connectivity index (χ0v) is 13.0. The predicted molar refractivity (Wildman–Crippen MR) is 84.7 cm³/mol. The van der Waals surface area contributed by atoms with Gasteiger partial charge in [-0.1, -0.05) is 25.1 Å². The lowest BCUT2D eigenvalue weighted by Crippen LogP contribution is -2.08. The molecule has 1 aromatic carbocycles. The van der Waals surface area contributed by atoms with E-state index in [1.54, 1.807) is 11.3 Å². The van der Waals surface area contributed by atoms with Crippen molar-refractivity contribution in [3.05, 3.63) is 39.9 Å². The monoisotopic (exact) mass is 302 g/mol. The summed E-state index contributed by atoms with van der Waals surface area (Å²) in [5.74, 6) is -1.20. The fraction of sp³-hybridized carbons (Fsp3) is 0.375. The van der Waals surface area contributed by atoms with E-state index in [0.29, 0.717) is 6.42 Å². The van der Waals surface area contributed by atoms with E-state index in [9.17, 15) is 9.90 Å². The van der Waals surface area contributed by atoms with Crippen LogP contribution in [0.1, 0.15) is 41.0 Å². The Morgan fingerprint density at radius 1 is 1.52 bits per heavy atom. The average molecular weight is 302 g/mol. The standard InChI is InChI=1S/C16H18N2O2S/c1-3-10-6-4-5-9(2)13(10)17-16-18-14-11(15(19)20)7-8-12(14)21-16/h4-6,11H,3,7-8H2,1-2H3,(H,17,18)(H,19,20). The Morgan fingerprint density at radius 2 is 2.33 bits per heavy atom. The molecule has 0 radical (unpaired) electrons. The van der Waals surface area contributed by atoms with Crippen molar-refractivity contribution in [1.82, 2.24) is 4.98 Å². The molecule has 1 heterocycles. The van der Waals surface area contributed by atoms with E-state index in [0.717, 1.165) is 34.2 Å². The predicted octanol–water partition coefficient (Wildman–Crippen LogP) is 3.87. The van der Waals surface area contributed by atoms with Crippen LogP contribution in [-0.4, -0.2) is 16.1 Å². The Labute approximate surface area is 127 Å². The summed E-state index contributed by atoms with van der Waals surface area (Å²) in [5, 5.41) is 13.4. The molecular formula is C16H18N2O2S. The molecule has 0 fully saturated rings. The normalized spacial score (nSPS) is 16.8. The summed E-state index contributed by atoms with van der Waals surface area (Å²) in [6.07, 6.45) is 2.45. The lowest BCUT2D eigenvalue weighted by atomic mass is 10.1. The van der Waals surface area contributed by atoms with Crippen molar-refractivity contribution in [3.63, 3.8) is 0 Å². The van der Waals surface area contributed by atoms with Gasteiger partial charge in [-0.05, 0) is 37.3 Å².